The van der Waals surface area contributed by atoms with E-state index < -0.39 is 35.6 Å². The minimum absolute atomic E-state index is 0.0993. The molecule has 0 aliphatic heterocycles. The van der Waals surface area contributed by atoms with E-state index in [1.54, 1.807) is 0 Å². The Morgan fingerprint density at radius 1 is 0.914 bits per heavy atom. The number of anilines is 2. The van der Waals surface area contributed by atoms with E-state index in [0.717, 1.165) is 24.4 Å². The standard InChI is InChI=1S/C22H15F6N5O2/c23-21(24,25)19(10-17(29)13-2-1-9-30-11-13)32-15-5-8-18(31-12-15)20(34)33-14-3-6-16(7-4-14)35-22(26,27)28/h1-12,29,32H,(H,33,34)/b19-10-,29-17?. The van der Waals surface area contributed by atoms with Crippen LogP contribution >= 0.6 is 0 Å². The molecule has 3 rings (SSSR count). The van der Waals surface area contributed by atoms with Gasteiger partial charge in [-0.3, -0.25) is 9.78 Å². The summed E-state index contributed by atoms with van der Waals surface area (Å²) < 4.78 is 80.7. The first-order valence-electron chi connectivity index (χ1n) is 9.59. The topological polar surface area (TPSA) is 100.0 Å². The second kappa shape index (κ2) is 10.2. The van der Waals surface area contributed by atoms with Crippen LogP contribution in [0.3, 0.4) is 0 Å². The highest BCUT2D eigenvalue weighted by atomic mass is 19.4. The molecule has 3 aromatic rings. The molecule has 0 saturated carbocycles. The molecule has 1 aromatic carbocycles. The number of pyridine rings is 2. The number of hydrogen-bond donors (Lipinski definition) is 3. The Morgan fingerprint density at radius 3 is 2.14 bits per heavy atom. The van der Waals surface area contributed by atoms with Gasteiger partial charge in [-0.1, -0.05) is 0 Å². The molecule has 0 radical (unpaired) electrons. The molecule has 2 aromatic heterocycles. The van der Waals surface area contributed by atoms with Gasteiger partial charge in [0.15, 0.2) is 0 Å². The SMILES string of the molecule is N=C(/C=C(\Nc1ccc(C(=O)Nc2ccc(OC(F)(F)F)cc2)nc1)C(F)(F)F)c1cccnc1. The Kier molecular flexibility index (Phi) is 7.37. The maximum atomic E-state index is 13.5. The number of rotatable bonds is 7. The van der Waals surface area contributed by atoms with Crippen LogP contribution in [0.2, 0.25) is 0 Å². The van der Waals surface area contributed by atoms with Crippen molar-refractivity contribution in [3.63, 3.8) is 0 Å². The van der Waals surface area contributed by atoms with Crippen molar-refractivity contribution >= 4 is 23.0 Å². The zero-order valence-corrected chi connectivity index (χ0v) is 17.4. The van der Waals surface area contributed by atoms with Crippen LogP contribution in [0, 0.1) is 5.41 Å². The van der Waals surface area contributed by atoms with Gasteiger partial charge < -0.3 is 20.8 Å². The van der Waals surface area contributed by atoms with E-state index in [9.17, 15) is 31.1 Å². The van der Waals surface area contributed by atoms with Gasteiger partial charge in [0.1, 0.15) is 17.1 Å². The highest BCUT2D eigenvalue weighted by molar-refractivity contribution is 6.07. The summed E-state index contributed by atoms with van der Waals surface area (Å²) in [6.45, 7) is 0. The summed E-state index contributed by atoms with van der Waals surface area (Å²) in [7, 11) is 0. The number of alkyl halides is 6. The van der Waals surface area contributed by atoms with Gasteiger partial charge in [0, 0.05) is 23.6 Å². The van der Waals surface area contributed by atoms with Crippen molar-refractivity contribution in [2.24, 2.45) is 0 Å². The van der Waals surface area contributed by atoms with Gasteiger partial charge in [0.2, 0.25) is 0 Å². The number of allylic oxidation sites excluding steroid dienone is 2. The lowest BCUT2D eigenvalue weighted by Crippen LogP contribution is -2.21. The monoisotopic (exact) mass is 495 g/mol. The van der Waals surface area contributed by atoms with Crippen LogP contribution in [0.25, 0.3) is 0 Å². The third kappa shape index (κ3) is 7.55. The van der Waals surface area contributed by atoms with Gasteiger partial charge in [0.05, 0.1) is 17.6 Å². The number of benzene rings is 1. The van der Waals surface area contributed by atoms with Gasteiger partial charge in [-0.05, 0) is 54.6 Å². The zero-order valence-electron chi connectivity index (χ0n) is 17.4. The van der Waals surface area contributed by atoms with E-state index >= 15 is 0 Å². The third-order valence-corrected chi connectivity index (χ3v) is 4.19. The van der Waals surface area contributed by atoms with Crippen molar-refractivity contribution in [1.29, 1.82) is 5.41 Å². The van der Waals surface area contributed by atoms with E-state index in [1.165, 1.54) is 42.7 Å². The Balaban J connectivity index is 1.68. The van der Waals surface area contributed by atoms with E-state index in [2.05, 4.69) is 25.3 Å². The summed E-state index contributed by atoms with van der Waals surface area (Å²) in [6, 6.07) is 9.59. The molecule has 0 fully saturated rings. The molecule has 0 aliphatic rings. The molecule has 182 valence electrons. The number of aromatic nitrogens is 2. The molecule has 3 N–H and O–H groups in total. The number of nitrogens with zero attached hydrogens (tertiary/aromatic N) is 2. The molecule has 35 heavy (non-hydrogen) atoms. The lowest BCUT2D eigenvalue weighted by molar-refractivity contribution is -0.274. The van der Waals surface area contributed by atoms with Crippen LogP contribution in [0.5, 0.6) is 5.75 Å². The summed E-state index contributed by atoms with van der Waals surface area (Å²) in [5.41, 5.74) is -1.59. The first kappa shape index (κ1) is 25.2. The molecule has 0 unspecified atom stereocenters. The quantitative estimate of drug-likeness (QED) is 0.295. The maximum absolute atomic E-state index is 13.5. The Hall–Kier alpha value is -4.42. The number of ether oxygens (including phenoxy) is 1. The minimum atomic E-state index is -4.86. The average molecular weight is 495 g/mol. The fourth-order valence-electron chi connectivity index (χ4n) is 2.63. The van der Waals surface area contributed by atoms with Crippen molar-refractivity contribution in [3.05, 3.63) is 90.2 Å². The molecule has 13 heteroatoms. The van der Waals surface area contributed by atoms with Gasteiger partial charge in [-0.15, -0.1) is 13.2 Å². The number of carbonyl (C=O) groups excluding carboxylic acids is 1. The molecule has 0 saturated heterocycles. The van der Waals surface area contributed by atoms with Crippen molar-refractivity contribution in [3.8, 4) is 5.75 Å². The van der Waals surface area contributed by atoms with Gasteiger partial charge in [-0.2, -0.15) is 13.2 Å². The molecule has 0 bridgehead atoms. The van der Waals surface area contributed by atoms with Crippen molar-refractivity contribution in [1.82, 2.24) is 9.97 Å². The number of nitrogens with one attached hydrogen (secondary N) is 3. The molecule has 0 aliphatic carbocycles. The van der Waals surface area contributed by atoms with E-state index in [4.69, 9.17) is 5.41 Å². The van der Waals surface area contributed by atoms with Gasteiger partial charge >= 0.3 is 12.5 Å². The third-order valence-electron chi connectivity index (χ3n) is 4.19. The summed E-state index contributed by atoms with van der Waals surface area (Å²) in [4.78, 5) is 19.9. The minimum Gasteiger partial charge on any atom is -0.406 e. The fraction of sp³-hybridized carbons (Fsp3) is 0.0909. The van der Waals surface area contributed by atoms with Crippen molar-refractivity contribution < 1.29 is 35.9 Å². The summed E-state index contributed by atoms with van der Waals surface area (Å²) >= 11 is 0. The number of halogens is 6. The second-order valence-electron chi connectivity index (χ2n) is 6.79. The summed E-state index contributed by atoms with van der Waals surface area (Å²) in [5.74, 6) is -1.22. The fourth-order valence-corrected chi connectivity index (χ4v) is 2.63. The smallest absolute Gasteiger partial charge is 0.406 e. The van der Waals surface area contributed by atoms with Crippen LogP contribution in [0.4, 0.5) is 37.7 Å². The molecule has 7 nitrogen and oxygen atoms in total. The Morgan fingerprint density at radius 2 is 1.60 bits per heavy atom. The average Bonchev–Trinajstić information content (AvgIpc) is 2.79. The van der Waals surface area contributed by atoms with Crippen LogP contribution < -0.4 is 15.4 Å². The lowest BCUT2D eigenvalue weighted by Gasteiger charge is -2.15. The molecule has 0 atom stereocenters. The highest BCUT2D eigenvalue weighted by Crippen LogP contribution is 2.28. The first-order valence-corrected chi connectivity index (χ1v) is 9.59. The molecule has 0 spiro atoms. The van der Waals surface area contributed by atoms with Gasteiger partial charge in [0.25, 0.3) is 5.91 Å². The molecule has 2 heterocycles. The van der Waals surface area contributed by atoms with E-state index in [0.29, 0.717) is 6.08 Å². The Labute approximate surface area is 194 Å². The molecular formula is C22H15F6N5O2. The van der Waals surface area contributed by atoms with Crippen LogP contribution in [-0.4, -0.2) is 34.1 Å². The normalized spacial score (nSPS) is 12.1. The van der Waals surface area contributed by atoms with Crippen LogP contribution in [-0.2, 0) is 0 Å². The van der Waals surface area contributed by atoms with E-state index in [-0.39, 0.29) is 22.6 Å². The predicted octanol–water partition coefficient (Wildman–Crippen LogP) is 5.55. The number of carbonyl (C=O) groups is 1. The largest absolute Gasteiger partial charge is 0.573 e. The number of hydrogen-bond acceptors (Lipinski definition) is 6. The van der Waals surface area contributed by atoms with Crippen LogP contribution in [0.1, 0.15) is 16.1 Å². The van der Waals surface area contributed by atoms with Gasteiger partial charge in [-0.25, -0.2) is 4.98 Å². The highest BCUT2D eigenvalue weighted by Gasteiger charge is 2.34. The number of amides is 1. The second-order valence-corrected chi connectivity index (χ2v) is 6.79. The molecular weight excluding hydrogens is 480 g/mol. The first-order chi connectivity index (χ1) is 16.4. The van der Waals surface area contributed by atoms with Crippen molar-refractivity contribution in [2.75, 3.05) is 10.6 Å². The van der Waals surface area contributed by atoms with Crippen LogP contribution in [0.15, 0.2) is 78.9 Å². The summed E-state index contributed by atoms with van der Waals surface area (Å²) in [5, 5.41) is 12.4. The maximum Gasteiger partial charge on any atom is 0.573 e. The summed E-state index contributed by atoms with van der Waals surface area (Å²) in [6.07, 6.45) is -5.41. The van der Waals surface area contributed by atoms with E-state index in [1.807, 2.05) is 0 Å². The zero-order chi connectivity index (χ0) is 25.6. The van der Waals surface area contributed by atoms with Crippen molar-refractivity contribution in [2.45, 2.75) is 12.5 Å². The lowest BCUT2D eigenvalue weighted by atomic mass is 10.1. The molecule has 1 amide bonds. The predicted molar refractivity (Wildman–Crippen MR) is 114 cm³/mol. The Bertz CT molecular complexity index is 1210.